The van der Waals surface area contributed by atoms with Crippen LogP contribution in [0.4, 0.5) is 5.00 Å². The Morgan fingerprint density at radius 1 is 1.23 bits per heavy atom. The van der Waals surface area contributed by atoms with Gasteiger partial charge in [-0.3, -0.25) is 9.59 Å². The van der Waals surface area contributed by atoms with Gasteiger partial charge < -0.3 is 16.0 Å². The van der Waals surface area contributed by atoms with E-state index in [1.807, 2.05) is 25.1 Å². The molecular formula is C16H20N3O2S+. The normalized spacial score (nSPS) is 11.9. The van der Waals surface area contributed by atoms with Crippen LogP contribution in [0.25, 0.3) is 0 Å². The summed E-state index contributed by atoms with van der Waals surface area (Å²) in [5, 5.41) is 5.04. The Hall–Kier alpha value is -2.18. The molecule has 0 bridgehead atoms. The van der Waals surface area contributed by atoms with Crippen LogP contribution in [0.15, 0.2) is 41.8 Å². The Balaban J connectivity index is 1.95. The van der Waals surface area contributed by atoms with Gasteiger partial charge in [0.1, 0.15) is 11.5 Å². The van der Waals surface area contributed by atoms with E-state index in [0.717, 1.165) is 18.0 Å². The highest BCUT2D eigenvalue weighted by Gasteiger charge is 2.16. The fourth-order valence-electron chi connectivity index (χ4n) is 2.20. The molecule has 1 heterocycles. The number of likely N-dealkylation sites (N-methyl/N-ethyl adjacent to an activating group) is 1. The summed E-state index contributed by atoms with van der Waals surface area (Å²) in [6.45, 7) is 4.03. The van der Waals surface area contributed by atoms with E-state index in [4.69, 9.17) is 5.73 Å². The Morgan fingerprint density at radius 2 is 1.95 bits per heavy atom. The van der Waals surface area contributed by atoms with Gasteiger partial charge in [-0.05, 0) is 18.4 Å². The highest BCUT2D eigenvalue weighted by atomic mass is 32.1. The summed E-state index contributed by atoms with van der Waals surface area (Å²) in [7, 11) is 0. The summed E-state index contributed by atoms with van der Waals surface area (Å²) in [4.78, 5) is 24.6. The molecule has 5 nitrogen and oxygen atoms in total. The standard InChI is InChI=1S/C16H19N3O2S/c1-2-19(10-12-6-4-3-5-7-12)11-14(20)18-16-13(15(17)21)8-9-22-16/h3-9H,2,10-11H2,1H3,(H2,17,21)(H,18,20)/p+1. The SMILES string of the molecule is CC[NH+](CC(=O)Nc1sccc1C(N)=O)Cc1ccccc1. The van der Waals surface area contributed by atoms with E-state index in [2.05, 4.69) is 17.4 Å². The highest BCUT2D eigenvalue weighted by molar-refractivity contribution is 7.14. The molecule has 0 radical (unpaired) electrons. The molecule has 2 rings (SSSR count). The smallest absolute Gasteiger partial charge is 0.280 e. The molecule has 4 N–H and O–H groups in total. The maximum Gasteiger partial charge on any atom is 0.280 e. The number of hydrogen-bond donors (Lipinski definition) is 3. The van der Waals surface area contributed by atoms with E-state index in [9.17, 15) is 9.59 Å². The maximum absolute atomic E-state index is 12.2. The van der Waals surface area contributed by atoms with Crippen molar-refractivity contribution in [3.05, 3.63) is 52.9 Å². The zero-order valence-electron chi connectivity index (χ0n) is 12.5. The number of carbonyl (C=O) groups is 2. The van der Waals surface area contributed by atoms with Crippen LogP contribution in [0, 0.1) is 0 Å². The van der Waals surface area contributed by atoms with Crippen molar-refractivity contribution in [2.24, 2.45) is 5.73 Å². The second-order valence-electron chi connectivity index (χ2n) is 5.02. The van der Waals surface area contributed by atoms with Crippen molar-refractivity contribution in [3.8, 4) is 0 Å². The third kappa shape index (κ3) is 4.41. The van der Waals surface area contributed by atoms with Gasteiger partial charge in [-0.1, -0.05) is 30.3 Å². The summed E-state index contributed by atoms with van der Waals surface area (Å²) in [6.07, 6.45) is 0. The fourth-order valence-corrected chi connectivity index (χ4v) is 3.00. The second kappa shape index (κ2) is 7.72. The van der Waals surface area contributed by atoms with Crippen molar-refractivity contribution in [2.75, 3.05) is 18.4 Å². The van der Waals surface area contributed by atoms with Gasteiger partial charge in [0.2, 0.25) is 0 Å². The molecule has 1 unspecified atom stereocenters. The molecule has 6 heteroatoms. The molecule has 0 aliphatic rings. The number of anilines is 1. The van der Waals surface area contributed by atoms with Gasteiger partial charge in [0, 0.05) is 5.56 Å². The number of carbonyl (C=O) groups excluding carboxylic acids is 2. The lowest BCUT2D eigenvalue weighted by Crippen LogP contribution is -3.11. The molecule has 0 spiro atoms. The van der Waals surface area contributed by atoms with Crippen LogP contribution in [0.5, 0.6) is 0 Å². The monoisotopic (exact) mass is 318 g/mol. The predicted octanol–water partition coefficient (Wildman–Crippen LogP) is 0.890. The highest BCUT2D eigenvalue weighted by Crippen LogP contribution is 2.22. The number of quaternary nitrogens is 1. The molecule has 0 saturated carbocycles. The van der Waals surface area contributed by atoms with Crippen molar-refractivity contribution in [1.82, 2.24) is 0 Å². The first-order valence-electron chi connectivity index (χ1n) is 7.14. The summed E-state index contributed by atoms with van der Waals surface area (Å²) in [5.41, 5.74) is 6.83. The number of nitrogens with one attached hydrogen (secondary N) is 2. The minimum Gasteiger partial charge on any atom is -0.366 e. The molecule has 1 atom stereocenters. The lowest BCUT2D eigenvalue weighted by molar-refractivity contribution is -0.903. The zero-order chi connectivity index (χ0) is 15.9. The number of benzene rings is 1. The second-order valence-corrected chi connectivity index (χ2v) is 5.93. The molecule has 116 valence electrons. The van der Waals surface area contributed by atoms with Crippen LogP contribution >= 0.6 is 11.3 Å². The van der Waals surface area contributed by atoms with Crippen molar-refractivity contribution >= 4 is 28.2 Å². The average Bonchev–Trinajstić information content (AvgIpc) is 2.95. The molecule has 0 aliphatic heterocycles. The van der Waals surface area contributed by atoms with E-state index in [1.54, 1.807) is 11.4 Å². The summed E-state index contributed by atoms with van der Waals surface area (Å²) < 4.78 is 0. The topological polar surface area (TPSA) is 76.6 Å². The molecule has 2 aromatic rings. The Bertz CT molecular complexity index is 640. The number of hydrogen-bond acceptors (Lipinski definition) is 3. The Morgan fingerprint density at radius 3 is 2.59 bits per heavy atom. The van der Waals surface area contributed by atoms with Crippen LogP contribution in [0.3, 0.4) is 0 Å². The number of thiophene rings is 1. The van der Waals surface area contributed by atoms with Gasteiger partial charge in [0.05, 0.1) is 12.1 Å². The fraction of sp³-hybridized carbons (Fsp3) is 0.250. The first-order valence-corrected chi connectivity index (χ1v) is 8.02. The van der Waals surface area contributed by atoms with E-state index in [0.29, 0.717) is 17.1 Å². The van der Waals surface area contributed by atoms with Crippen LogP contribution in [0.2, 0.25) is 0 Å². The Kier molecular flexibility index (Phi) is 5.68. The quantitative estimate of drug-likeness (QED) is 0.709. The van der Waals surface area contributed by atoms with E-state index in [1.165, 1.54) is 16.9 Å². The van der Waals surface area contributed by atoms with Crippen molar-refractivity contribution < 1.29 is 14.5 Å². The van der Waals surface area contributed by atoms with Crippen LogP contribution in [-0.4, -0.2) is 24.9 Å². The zero-order valence-corrected chi connectivity index (χ0v) is 13.3. The number of nitrogens with two attached hydrogens (primary N) is 1. The Labute approximate surface area is 133 Å². The van der Waals surface area contributed by atoms with Gasteiger partial charge in [-0.25, -0.2) is 0 Å². The molecule has 0 aliphatic carbocycles. The lowest BCUT2D eigenvalue weighted by atomic mass is 10.2. The molecule has 22 heavy (non-hydrogen) atoms. The predicted molar refractivity (Wildman–Crippen MR) is 88.0 cm³/mol. The first kappa shape index (κ1) is 16.2. The third-order valence-electron chi connectivity index (χ3n) is 3.39. The van der Waals surface area contributed by atoms with E-state index >= 15 is 0 Å². The molecule has 1 aromatic heterocycles. The van der Waals surface area contributed by atoms with Gasteiger partial charge in [-0.15, -0.1) is 11.3 Å². The largest absolute Gasteiger partial charge is 0.366 e. The van der Waals surface area contributed by atoms with Gasteiger partial charge in [0.15, 0.2) is 6.54 Å². The van der Waals surface area contributed by atoms with Crippen LogP contribution in [0.1, 0.15) is 22.8 Å². The van der Waals surface area contributed by atoms with Crippen LogP contribution in [-0.2, 0) is 11.3 Å². The molecule has 0 saturated heterocycles. The molecule has 1 aromatic carbocycles. The van der Waals surface area contributed by atoms with E-state index in [-0.39, 0.29) is 5.91 Å². The van der Waals surface area contributed by atoms with Crippen LogP contribution < -0.4 is 16.0 Å². The van der Waals surface area contributed by atoms with Gasteiger partial charge >= 0.3 is 0 Å². The number of amides is 2. The summed E-state index contributed by atoms with van der Waals surface area (Å²) in [5.74, 6) is -0.640. The minimum absolute atomic E-state index is 0.113. The summed E-state index contributed by atoms with van der Waals surface area (Å²) in [6, 6.07) is 11.7. The van der Waals surface area contributed by atoms with E-state index < -0.39 is 5.91 Å². The van der Waals surface area contributed by atoms with Crippen molar-refractivity contribution in [3.63, 3.8) is 0 Å². The number of rotatable bonds is 7. The average molecular weight is 318 g/mol. The molecular weight excluding hydrogens is 298 g/mol. The molecule has 0 fully saturated rings. The first-order chi connectivity index (χ1) is 10.6. The lowest BCUT2D eigenvalue weighted by Gasteiger charge is -2.17. The minimum atomic E-state index is -0.527. The van der Waals surface area contributed by atoms with Crippen molar-refractivity contribution in [2.45, 2.75) is 13.5 Å². The van der Waals surface area contributed by atoms with Gasteiger partial charge in [0.25, 0.3) is 11.8 Å². The maximum atomic E-state index is 12.2. The van der Waals surface area contributed by atoms with Gasteiger partial charge in [-0.2, -0.15) is 0 Å². The molecule has 2 amide bonds. The van der Waals surface area contributed by atoms with Crippen molar-refractivity contribution in [1.29, 1.82) is 0 Å². The summed E-state index contributed by atoms with van der Waals surface area (Å²) >= 11 is 1.30. The third-order valence-corrected chi connectivity index (χ3v) is 4.22. The number of primary amides is 1.